The van der Waals surface area contributed by atoms with E-state index in [0.717, 1.165) is 11.8 Å². The quantitative estimate of drug-likeness (QED) is 0.782. The Balaban J connectivity index is 1.38. The molecule has 2 atom stereocenters. The fourth-order valence-electron chi connectivity index (χ4n) is 4.93. The first kappa shape index (κ1) is 16.1. The second-order valence-corrected chi connectivity index (χ2v) is 7.98. The molecule has 3 nitrogen and oxygen atoms in total. The summed E-state index contributed by atoms with van der Waals surface area (Å²) in [4.78, 5) is 12.3. The summed E-state index contributed by atoms with van der Waals surface area (Å²) in [5.41, 5.74) is 0. The average Bonchev–Trinajstić information content (AvgIpc) is 2.48. The minimum atomic E-state index is 0.0949. The molecule has 0 spiro atoms. The molecule has 0 radical (unpaired) electrons. The highest BCUT2D eigenvalue weighted by molar-refractivity contribution is 5.74. The first-order valence-electron chi connectivity index (χ1n) is 9.83. The third-order valence-corrected chi connectivity index (χ3v) is 6.67. The van der Waals surface area contributed by atoms with E-state index in [2.05, 4.69) is 17.6 Å². The molecule has 0 aromatic carbocycles. The predicted molar refractivity (Wildman–Crippen MR) is 90.8 cm³/mol. The molecule has 3 saturated carbocycles. The molecule has 3 heteroatoms. The van der Waals surface area contributed by atoms with E-state index in [4.69, 9.17) is 0 Å². The molecule has 22 heavy (non-hydrogen) atoms. The zero-order valence-corrected chi connectivity index (χ0v) is 14.3. The fraction of sp³-hybridized carbons (Fsp3) is 0.947. The molecule has 0 saturated heterocycles. The summed E-state index contributed by atoms with van der Waals surface area (Å²) in [5.74, 6) is 2.66. The maximum absolute atomic E-state index is 12.3. The maximum Gasteiger partial charge on any atom is 0.315 e. The van der Waals surface area contributed by atoms with Crippen LogP contribution in [0.1, 0.15) is 84.0 Å². The summed E-state index contributed by atoms with van der Waals surface area (Å²) in [7, 11) is 0. The maximum atomic E-state index is 12.3. The van der Waals surface area contributed by atoms with Gasteiger partial charge in [-0.1, -0.05) is 45.4 Å². The van der Waals surface area contributed by atoms with Gasteiger partial charge in [-0.2, -0.15) is 0 Å². The molecule has 2 unspecified atom stereocenters. The number of hydrogen-bond donors (Lipinski definition) is 2. The van der Waals surface area contributed by atoms with Gasteiger partial charge in [0, 0.05) is 12.1 Å². The van der Waals surface area contributed by atoms with E-state index in [0.29, 0.717) is 18.0 Å². The van der Waals surface area contributed by atoms with Crippen LogP contribution in [0.25, 0.3) is 0 Å². The smallest absolute Gasteiger partial charge is 0.315 e. The topological polar surface area (TPSA) is 41.1 Å². The van der Waals surface area contributed by atoms with Crippen LogP contribution in [-0.4, -0.2) is 18.1 Å². The van der Waals surface area contributed by atoms with Crippen molar-refractivity contribution in [1.29, 1.82) is 0 Å². The van der Waals surface area contributed by atoms with Crippen molar-refractivity contribution >= 4 is 6.03 Å². The minimum absolute atomic E-state index is 0.0949. The van der Waals surface area contributed by atoms with Crippen LogP contribution < -0.4 is 10.6 Å². The molecule has 3 aliphatic carbocycles. The second kappa shape index (κ2) is 7.70. The summed E-state index contributed by atoms with van der Waals surface area (Å²) < 4.78 is 0. The summed E-state index contributed by atoms with van der Waals surface area (Å²) >= 11 is 0. The van der Waals surface area contributed by atoms with E-state index < -0.39 is 0 Å². The van der Waals surface area contributed by atoms with E-state index in [1.165, 1.54) is 77.0 Å². The van der Waals surface area contributed by atoms with Crippen LogP contribution in [0, 0.1) is 17.8 Å². The molecule has 0 aromatic rings. The molecule has 0 aliphatic heterocycles. The molecular formula is C19H34N2O. The number of carbonyl (C=O) groups is 1. The standard InChI is InChI=1S/C19H34N2O/c1-2-14-6-3-4-9-18(14)21-19(22)20-17-12-10-16(11-13-17)15-7-5-8-15/h14-18H,2-13H2,1H3,(H2,20,21,22). The number of urea groups is 1. The summed E-state index contributed by atoms with van der Waals surface area (Å²) in [5, 5.41) is 6.53. The van der Waals surface area contributed by atoms with E-state index in [1.807, 2.05) is 0 Å². The van der Waals surface area contributed by atoms with Crippen molar-refractivity contribution in [3.8, 4) is 0 Å². The molecule has 2 amide bonds. The normalized spacial score (nSPS) is 36.4. The lowest BCUT2D eigenvalue weighted by Gasteiger charge is -2.39. The number of carbonyl (C=O) groups excluding carboxylic acids is 1. The zero-order chi connectivity index (χ0) is 15.4. The van der Waals surface area contributed by atoms with E-state index >= 15 is 0 Å². The van der Waals surface area contributed by atoms with Gasteiger partial charge in [-0.05, 0) is 56.3 Å². The van der Waals surface area contributed by atoms with Crippen LogP contribution in [0.3, 0.4) is 0 Å². The lowest BCUT2D eigenvalue weighted by Crippen LogP contribution is -2.50. The van der Waals surface area contributed by atoms with Crippen LogP contribution in [0.2, 0.25) is 0 Å². The van der Waals surface area contributed by atoms with Crippen molar-refractivity contribution in [2.24, 2.45) is 17.8 Å². The van der Waals surface area contributed by atoms with Gasteiger partial charge in [0.1, 0.15) is 0 Å². The molecule has 2 N–H and O–H groups in total. The number of hydrogen-bond acceptors (Lipinski definition) is 1. The van der Waals surface area contributed by atoms with Crippen molar-refractivity contribution in [3.63, 3.8) is 0 Å². The third-order valence-electron chi connectivity index (χ3n) is 6.67. The van der Waals surface area contributed by atoms with E-state index in [-0.39, 0.29) is 6.03 Å². The second-order valence-electron chi connectivity index (χ2n) is 7.98. The van der Waals surface area contributed by atoms with Gasteiger partial charge in [0.15, 0.2) is 0 Å². The molecule has 0 aromatic heterocycles. The van der Waals surface area contributed by atoms with Gasteiger partial charge in [-0.3, -0.25) is 0 Å². The molecule has 3 aliphatic rings. The fourth-order valence-corrected chi connectivity index (χ4v) is 4.93. The number of rotatable bonds is 4. The van der Waals surface area contributed by atoms with Crippen molar-refractivity contribution < 1.29 is 4.79 Å². The van der Waals surface area contributed by atoms with Gasteiger partial charge in [-0.25, -0.2) is 4.79 Å². The highest BCUT2D eigenvalue weighted by Crippen LogP contribution is 2.40. The van der Waals surface area contributed by atoms with Crippen LogP contribution in [0.15, 0.2) is 0 Å². The van der Waals surface area contributed by atoms with Gasteiger partial charge >= 0.3 is 6.03 Å². The lowest BCUT2D eigenvalue weighted by atomic mass is 9.69. The van der Waals surface area contributed by atoms with Gasteiger partial charge in [0.2, 0.25) is 0 Å². The van der Waals surface area contributed by atoms with Crippen molar-refractivity contribution in [2.75, 3.05) is 0 Å². The Labute approximate surface area is 136 Å². The Kier molecular flexibility index (Phi) is 5.65. The predicted octanol–water partition coefficient (Wildman–Crippen LogP) is 4.61. The zero-order valence-electron chi connectivity index (χ0n) is 14.3. The molecule has 3 fully saturated rings. The third kappa shape index (κ3) is 3.97. The molecule has 3 rings (SSSR count). The average molecular weight is 306 g/mol. The first-order chi connectivity index (χ1) is 10.8. The Morgan fingerprint density at radius 1 is 0.818 bits per heavy atom. The largest absolute Gasteiger partial charge is 0.335 e. The summed E-state index contributed by atoms with van der Waals surface area (Å²) in [6.45, 7) is 2.25. The molecule has 0 heterocycles. The highest BCUT2D eigenvalue weighted by atomic mass is 16.2. The van der Waals surface area contributed by atoms with Crippen molar-refractivity contribution in [1.82, 2.24) is 10.6 Å². The Morgan fingerprint density at radius 2 is 1.50 bits per heavy atom. The Hall–Kier alpha value is -0.730. The minimum Gasteiger partial charge on any atom is -0.335 e. The van der Waals surface area contributed by atoms with Gasteiger partial charge in [0.25, 0.3) is 0 Å². The molecule has 126 valence electrons. The van der Waals surface area contributed by atoms with Crippen LogP contribution in [0.4, 0.5) is 4.79 Å². The van der Waals surface area contributed by atoms with E-state index in [1.54, 1.807) is 0 Å². The van der Waals surface area contributed by atoms with Crippen LogP contribution in [0.5, 0.6) is 0 Å². The van der Waals surface area contributed by atoms with Crippen LogP contribution >= 0.6 is 0 Å². The van der Waals surface area contributed by atoms with Gasteiger partial charge in [-0.15, -0.1) is 0 Å². The molecule has 0 bridgehead atoms. The SMILES string of the molecule is CCC1CCCCC1NC(=O)NC1CCC(C2CCC2)CC1. The molecular weight excluding hydrogens is 272 g/mol. The summed E-state index contributed by atoms with van der Waals surface area (Å²) in [6.07, 6.45) is 15.7. The van der Waals surface area contributed by atoms with Crippen molar-refractivity contribution in [3.05, 3.63) is 0 Å². The first-order valence-corrected chi connectivity index (χ1v) is 9.83. The Morgan fingerprint density at radius 3 is 2.14 bits per heavy atom. The van der Waals surface area contributed by atoms with Gasteiger partial charge in [0.05, 0.1) is 0 Å². The van der Waals surface area contributed by atoms with E-state index in [9.17, 15) is 4.79 Å². The summed E-state index contributed by atoms with van der Waals surface area (Å²) in [6, 6.07) is 0.919. The lowest BCUT2D eigenvalue weighted by molar-refractivity contribution is 0.146. The monoisotopic (exact) mass is 306 g/mol. The van der Waals surface area contributed by atoms with Crippen LogP contribution in [-0.2, 0) is 0 Å². The number of nitrogens with one attached hydrogen (secondary N) is 2. The highest BCUT2D eigenvalue weighted by Gasteiger charge is 2.32. The van der Waals surface area contributed by atoms with Crippen molar-refractivity contribution in [2.45, 2.75) is 96.1 Å². The number of amides is 2. The Bertz CT molecular complexity index is 358. The van der Waals surface area contributed by atoms with Gasteiger partial charge < -0.3 is 10.6 Å².